The van der Waals surface area contributed by atoms with E-state index < -0.39 is 0 Å². The van der Waals surface area contributed by atoms with Gasteiger partial charge in [-0.1, -0.05) is 18.6 Å². The van der Waals surface area contributed by atoms with Crippen molar-refractivity contribution in [1.29, 1.82) is 0 Å². The molecule has 1 saturated heterocycles. The van der Waals surface area contributed by atoms with E-state index in [0.717, 1.165) is 50.8 Å². The van der Waals surface area contributed by atoms with E-state index in [-0.39, 0.29) is 18.0 Å². The van der Waals surface area contributed by atoms with E-state index in [2.05, 4.69) is 17.0 Å². The second-order valence-corrected chi connectivity index (χ2v) is 6.59. The lowest BCUT2D eigenvalue weighted by Gasteiger charge is -2.32. The van der Waals surface area contributed by atoms with Crippen LogP contribution in [0.15, 0.2) is 24.3 Å². The largest absolute Gasteiger partial charge is 0.497 e. The highest BCUT2D eigenvalue weighted by atomic mass is 16.5. The fraction of sp³-hybridized carbons (Fsp3) is 0.611. The van der Waals surface area contributed by atoms with Crippen LogP contribution in [-0.2, 0) is 4.79 Å². The Morgan fingerprint density at radius 3 is 2.91 bits per heavy atom. The zero-order valence-electron chi connectivity index (χ0n) is 13.3. The Bertz CT molecular complexity index is 532. The van der Waals surface area contributed by atoms with Crippen molar-refractivity contribution in [2.75, 3.05) is 13.7 Å². The first kappa shape index (κ1) is 15.3. The number of amides is 1. The summed E-state index contributed by atoms with van der Waals surface area (Å²) < 4.78 is 5.32. The van der Waals surface area contributed by atoms with E-state index in [0.29, 0.717) is 5.91 Å². The van der Waals surface area contributed by atoms with Gasteiger partial charge in [-0.25, -0.2) is 0 Å². The number of benzene rings is 1. The smallest absolute Gasteiger partial charge is 0.226 e. The fourth-order valence-electron chi connectivity index (χ4n) is 3.91. The normalized spacial score (nSPS) is 28.6. The van der Waals surface area contributed by atoms with Gasteiger partial charge in [0.05, 0.1) is 13.2 Å². The molecule has 0 unspecified atom stereocenters. The molecule has 0 aromatic heterocycles. The van der Waals surface area contributed by atoms with Crippen molar-refractivity contribution in [3.8, 4) is 5.75 Å². The molecule has 0 bridgehead atoms. The van der Waals surface area contributed by atoms with E-state index >= 15 is 0 Å². The number of carbonyl (C=O) groups excluding carboxylic acids is 1. The molecule has 4 heteroatoms. The maximum Gasteiger partial charge on any atom is 0.226 e. The topological polar surface area (TPSA) is 55.6 Å². The predicted molar refractivity (Wildman–Crippen MR) is 86.6 cm³/mol. The zero-order chi connectivity index (χ0) is 15.5. The van der Waals surface area contributed by atoms with Gasteiger partial charge in [0.15, 0.2) is 0 Å². The maximum absolute atomic E-state index is 12.9. The van der Waals surface area contributed by atoms with Crippen molar-refractivity contribution in [3.63, 3.8) is 0 Å². The summed E-state index contributed by atoms with van der Waals surface area (Å²) >= 11 is 0. The molecule has 2 aliphatic rings. The molecule has 1 aromatic rings. The highest BCUT2D eigenvalue weighted by molar-refractivity contribution is 5.79. The molecular weight excluding hydrogens is 276 g/mol. The number of carbonyl (C=O) groups is 1. The second kappa shape index (κ2) is 6.69. The van der Waals surface area contributed by atoms with Crippen molar-refractivity contribution < 1.29 is 9.53 Å². The van der Waals surface area contributed by atoms with Gasteiger partial charge in [-0.3, -0.25) is 4.79 Å². The molecule has 1 aromatic carbocycles. The average Bonchev–Trinajstić information content (AvgIpc) is 3.04. The first-order chi connectivity index (χ1) is 10.7. The van der Waals surface area contributed by atoms with E-state index in [9.17, 15) is 4.79 Å². The third-order valence-electron chi connectivity index (χ3n) is 5.08. The molecule has 2 fully saturated rings. The van der Waals surface area contributed by atoms with Crippen LogP contribution in [0.3, 0.4) is 0 Å². The Kier molecular flexibility index (Phi) is 4.67. The van der Waals surface area contributed by atoms with Crippen molar-refractivity contribution in [3.05, 3.63) is 29.8 Å². The summed E-state index contributed by atoms with van der Waals surface area (Å²) in [6.45, 7) is 0.868. The van der Waals surface area contributed by atoms with Crippen molar-refractivity contribution >= 4 is 5.91 Å². The SMILES string of the molecule is COc1cccc([C@@H]2CCCN2C(=O)[C@H]2CCC[C@H](N)C2)c1. The van der Waals surface area contributed by atoms with Crippen LogP contribution in [0, 0.1) is 5.92 Å². The number of methoxy groups -OCH3 is 1. The quantitative estimate of drug-likeness (QED) is 0.934. The number of rotatable bonds is 3. The number of nitrogens with two attached hydrogens (primary N) is 1. The Morgan fingerprint density at radius 2 is 2.14 bits per heavy atom. The van der Waals surface area contributed by atoms with Crippen LogP contribution in [0.25, 0.3) is 0 Å². The maximum atomic E-state index is 12.9. The van der Waals surface area contributed by atoms with Crippen LogP contribution >= 0.6 is 0 Å². The van der Waals surface area contributed by atoms with Crippen molar-refractivity contribution in [2.24, 2.45) is 11.7 Å². The van der Waals surface area contributed by atoms with Gasteiger partial charge < -0.3 is 15.4 Å². The summed E-state index contributed by atoms with van der Waals surface area (Å²) in [5.41, 5.74) is 7.24. The number of nitrogens with zero attached hydrogens (tertiary/aromatic N) is 1. The molecule has 120 valence electrons. The summed E-state index contributed by atoms with van der Waals surface area (Å²) in [6.07, 6.45) is 6.09. The molecule has 0 spiro atoms. The summed E-state index contributed by atoms with van der Waals surface area (Å²) in [5, 5.41) is 0. The van der Waals surface area contributed by atoms with Gasteiger partial charge in [-0.2, -0.15) is 0 Å². The molecule has 3 atom stereocenters. The van der Waals surface area contributed by atoms with Gasteiger partial charge in [0.2, 0.25) is 5.91 Å². The van der Waals surface area contributed by atoms with Gasteiger partial charge in [0.1, 0.15) is 5.75 Å². The molecule has 22 heavy (non-hydrogen) atoms. The van der Waals surface area contributed by atoms with E-state index in [1.165, 1.54) is 5.56 Å². The lowest BCUT2D eigenvalue weighted by molar-refractivity contribution is -0.137. The summed E-state index contributed by atoms with van der Waals surface area (Å²) in [6, 6.07) is 8.51. The lowest BCUT2D eigenvalue weighted by Crippen LogP contribution is -2.40. The molecule has 3 rings (SSSR count). The van der Waals surface area contributed by atoms with Crippen LogP contribution in [0.1, 0.15) is 50.1 Å². The molecule has 1 aliphatic carbocycles. The molecule has 2 N–H and O–H groups in total. The third-order valence-corrected chi connectivity index (χ3v) is 5.08. The van der Waals surface area contributed by atoms with Gasteiger partial charge in [-0.05, 0) is 49.8 Å². The number of hydrogen-bond donors (Lipinski definition) is 1. The highest BCUT2D eigenvalue weighted by Gasteiger charge is 2.35. The van der Waals surface area contributed by atoms with Gasteiger partial charge in [0, 0.05) is 18.5 Å². The van der Waals surface area contributed by atoms with Crippen LogP contribution in [0.5, 0.6) is 5.75 Å². The Balaban J connectivity index is 1.76. The summed E-state index contributed by atoms with van der Waals surface area (Å²) in [7, 11) is 1.68. The van der Waals surface area contributed by atoms with Gasteiger partial charge >= 0.3 is 0 Å². The Morgan fingerprint density at radius 1 is 1.27 bits per heavy atom. The highest BCUT2D eigenvalue weighted by Crippen LogP contribution is 2.36. The van der Waals surface area contributed by atoms with Gasteiger partial charge in [-0.15, -0.1) is 0 Å². The average molecular weight is 302 g/mol. The molecule has 0 radical (unpaired) electrons. The molecule has 1 heterocycles. The molecule has 1 saturated carbocycles. The number of ether oxygens (including phenoxy) is 1. The molecule has 1 aliphatic heterocycles. The lowest BCUT2D eigenvalue weighted by atomic mass is 9.85. The minimum Gasteiger partial charge on any atom is -0.497 e. The number of likely N-dealkylation sites (tertiary alicyclic amines) is 1. The molecular formula is C18H26N2O2. The zero-order valence-corrected chi connectivity index (χ0v) is 13.3. The third kappa shape index (κ3) is 3.12. The monoisotopic (exact) mass is 302 g/mol. The second-order valence-electron chi connectivity index (χ2n) is 6.59. The minimum atomic E-state index is 0.120. The predicted octanol–water partition coefficient (Wildman–Crippen LogP) is 2.88. The number of hydrogen-bond acceptors (Lipinski definition) is 3. The summed E-state index contributed by atoms with van der Waals surface area (Å²) in [4.78, 5) is 15.0. The molecule has 4 nitrogen and oxygen atoms in total. The Labute approximate surface area is 132 Å². The first-order valence-corrected chi connectivity index (χ1v) is 8.39. The minimum absolute atomic E-state index is 0.120. The van der Waals surface area contributed by atoms with Crippen molar-refractivity contribution in [1.82, 2.24) is 4.90 Å². The first-order valence-electron chi connectivity index (χ1n) is 8.39. The van der Waals surface area contributed by atoms with Crippen LogP contribution < -0.4 is 10.5 Å². The van der Waals surface area contributed by atoms with E-state index in [4.69, 9.17) is 10.5 Å². The molecule has 1 amide bonds. The van der Waals surface area contributed by atoms with Gasteiger partial charge in [0.25, 0.3) is 0 Å². The summed E-state index contributed by atoms with van der Waals surface area (Å²) in [5.74, 6) is 1.28. The van der Waals surface area contributed by atoms with Crippen LogP contribution in [-0.4, -0.2) is 30.5 Å². The van der Waals surface area contributed by atoms with Crippen LogP contribution in [0.4, 0.5) is 0 Å². The van der Waals surface area contributed by atoms with E-state index in [1.807, 2.05) is 12.1 Å². The standard InChI is InChI=1S/C18H26N2O2/c1-22-16-8-3-5-13(12-16)17-9-4-10-20(17)18(21)14-6-2-7-15(19)11-14/h3,5,8,12,14-15,17H,2,4,6-7,9-11,19H2,1H3/t14-,15-,17-/m0/s1. The Hall–Kier alpha value is -1.55. The fourth-order valence-corrected chi connectivity index (χ4v) is 3.91. The van der Waals surface area contributed by atoms with Crippen LogP contribution in [0.2, 0.25) is 0 Å². The van der Waals surface area contributed by atoms with Crippen molar-refractivity contribution in [2.45, 2.75) is 50.6 Å². The van der Waals surface area contributed by atoms with E-state index in [1.54, 1.807) is 7.11 Å².